The van der Waals surface area contributed by atoms with Crippen LogP contribution in [0.2, 0.25) is 10.0 Å². The number of piperazine rings is 1. The summed E-state index contributed by atoms with van der Waals surface area (Å²) in [6.07, 6.45) is 1.61. The number of carbonyl (C=O) groups is 1. The highest BCUT2D eigenvalue weighted by Gasteiger charge is 2.32. The first kappa shape index (κ1) is 20.2. The van der Waals surface area contributed by atoms with E-state index < -0.39 is 0 Å². The van der Waals surface area contributed by atoms with Gasteiger partial charge in [-0.3, -0.25) is 9.69 Å². The number of hydrogen-bond donors (Lipinski definition) is 1. The number of ketones is 1. The number of allylic oxidation sites excluding steroid dienone is 1. The van der Waals surface area contributed by atoms with Crippen LogP contribution in [-0.4, -0.2) is 53.4 Å². The molecule has 4 rings (SSSR count). The third kappa shape index (κ3) is 4.14. The van der Waals surface area contributed by atoms with Crippen molar-refractivity contribution in [2.24, 2.45) is 0 Å². The molecular formula is C22H22Cl2N2O3. The monoisotopic (exact) mass is 432 g/mol. The fraction of sp³-hybridized carbons (Fsp3) is 0.318. The SMILES string of the molecule is CCN1CCN(Cc2c(O)ccc3c2O/C(=C\c2ccc(Cl)cc2Cl)C3=O)CC1. The third-order valence-electron chi connectivity index (χ3n) is 5.46. The summed E-state index contributed by atoms with van der Waals surface area (Å²) < 4.78 is 5.93. The topological polar surface area (TPSA) is 53.0 Å². The second-order valence-electron chi connectivity index (χ2n) is 7.26. The number of carbonyl (C=O) groups excluding carboxylic acids is 1. The van der Waals surface area contributed by atoms with Crippen molar-refractivity contribution in [3.8, 4) is 11.5 Å². The maximum atomic E-state index is 12.9. The van der Waals surface area contributed by atoms with Gasteiger partial charge in [0.1, 0.15) is 11.5 Å². The fourth-order valence-corrected chi connectivity index (χ4v) is 4.16. The quantitative estimate of drug-likeness (QED) is 0.722. The first-order valence-electron chi connectivity index (χ1n) is 9.65. The Kier molecular flexibility index (Phi) is 5.83. The molecule has 0 saturated carbocycles. The molecule has 1 fully saturated rings. The van der Waals surface area contributed by atoms with Crippen LogP contribution in [0.1, 0.15) is 28.4 Å². The molecule has 0 atom stereocenters. The van der Waals surface area contributed by atoms with Gasteiger partial charge in [0, 0.05) is 42.8 Å². The van der Waals surface area contributed by atoms with Crippen LogP contribution >= 0.6 is 23.2 Å². The van der Waals surface area contributed by atoms with Gasteiger partial charge >= 0.3 is 0 Å². The molecule has 1 saturated heterocycles. The lowest BCUT2D eigenvalue weighted by molar-refractivity contribution is 0.101. The lowest BCUT2D eigenvalue weighted by Gasteiger charge is -2.34. The van der Waals surface area contributed by atoms with Crippen molar-refractivity contribution in [1.29, 1.82) is 0 Å². The number of nitrogens with zero attached hydrogens (tertiary/aromatic N) is 2. The maximum Gasteiger partial charge on any atom is 0.231 e. The van der Waals surface area contributed by atoms with Crippen molar-refractivity contribution in [1.82, 2.24) is 9.80 Å². The van der Waals surface area contributed by atoms with Gasteiger partial charge in [-0.15, -0.1) is 0 Å². The Labute approximate surface area is 180 Å². The Morgan fingerprint density at radius 2 is 1.83 bits per heavy atom. The number of hydrogen-bond acceptors (Lipinski definition) is 5. The average Bonchev–Trinajstić information content (AvgIpc) is 3.02. The number of benzene rings is 2. The largest absolute Gasteiger partial charge is 0.507 e. The summed E-state index contributed by atoms with van der Waals surface area (Å²) in [6.45, 7) is 7.54. The highest BCUT2D eigenvalue weighted by Crippen LogP contribution is 2.40. The molecule has 2 aliphatic heterocycles. The molecule has 0 bridgehead atoms. The van der Waals surface area contributed by atoms with Crippen LogP contribution in [0.5, 0.6) is 11.5 Å². The van der Waals surface area contributed by atoms with E-state index in [1.165, 1.54) is 0 Å². The van der Waals surface area contributed by atoms with Gasteiger partial charge in [0.05, 0.1) is 11.1 Å². The number of halogens is 2. The molecule has 2 aromatic carbocycles. The van der Waals surface area contributed by atoms with Crippen LogP contribution in [-0.2, 0) is 6.54 Å². The zero-order chi connectivity index (χ0) is 20.5. The van der Waals surface area contributed by atoms with Gasteiger partial charge < -0.3 is 14.7 Å². The summed E-state index contributed by atoms with van der Waals surface area (Å²) in [5.74, 6) is 0.541. The molecule has 0 aliphatic carbocycles. The van der Waals surface area contributed by atoms with Crippen molar-refractivity contribution in [3.05, 3.63) is 62.8 Å². The lowest BCUT2D eigenvalue weighted by atomic mass is 10.0. The van der Waals surface area contributed by atoms with E-state index in [9.17, 15) is 9.90 Å². The van der Waals surface area contributed by atoms with Crippen molar-refractivity contribution in [2.75, 3.05) is 32.7 Å². The molecule has 0 amide bonds. The normalized spacial score (nSPS) is 18.9. The van der Waals surface area contributed by atoms with Gasteiger partial charge in [-0.2, -0.15) is 0 Å². The van der Waals surface area contributed by atoms with Crippen LogP contribution in [0, 0.1) is 0 Å². The third-order valence-corrected chi connectivity index (χ3v) is 6.02. The minimum atomic E-state index is -0.219. The zero-order valence-electron chi connectivity index (χ0n) is 16.1. The van der Waals surface area contributed by atoms with Gasteiger partial charge in [0.25, 0.3) is 0 Å². The van der Waals surface area contributed by atoms with Crippen LogP contribution in [0.15, 0.2) is 36.1 Å². The Morgan fingerprint density at radius 1 is 1.10 bits per heavy atom. The predicted octanol–water partition coefficient (Wildman–Crippen LogP) is 4.45. The molecule has 0 radical (unpaired) electrons. The van der Waals surface area contributed by atoms with Crippen LogP contribution < -0.4 is 4.74 Å². The molecule has 1 N–H and O–H groups in total. The van der Waals surface area contributed by atoms with E-state index in [2.05, 4.69) is 16.7 Å². The highest BCUT2D eigenvalue weighted by atomic mass is 35.5. The zero-order valence-corrected chi connectivity index (χ0v) is 17.6. The van der Waals surface area contributed by atoms with Gasteiger partial charge in [0.15, 0.2) is 5.76 Å². The summed E-state index contributed by atoms with van der Waals surface area (Å²) in [7, 11) is 0. The molecule has 5 nitrogen and oxygen atoms in total. The molecule has 7 heteroatoms. The average molecular weight is 433 g/mol. The van der Waals surface area contributed by atoms with E-state index in [1.807, 2.05) is 0 Å². The number of ether oxygens (including phenoxy) is 1. The summed E-state index contributed by atoms with van der Waals surface area (Å²) in [5.41, 5.74) is 1.75. The molecular weight excluding hydrogens is 411 g/mol. The second-order valence-corrected chi connectivity index (χ2v) is 8.10. The highest BCUT2D eigenvalue weighted by molar-refractivity contribution is 6.35. The molecule has 0 aromatic heterocycles. The molecule has 2 aliphatic rings. The minimum Gasteiger partial charge on any atom is -0.507 e. The predicted molar refractivity (Wildman–Crippen MR) is 115 cm³/mol. The van der Waals surface area contributed by atoms with Crippen LogP contribution in [0.4, 0.5) is 0 Å². The fourth-order valence-electron chi connectivity index (χ4n) is 3.70. The van der Waals surface area contributed by atoms with Crippen molar-refractivity contribution < 1.29 is 14.6 Å². The van der Waals surface area contributed by atoms with Crippen LogP contribution in [0.25, 0.3) is 6.08 Å². The van der Waals surface area contributed by atoms with E-state index in [-0.39, 0.29) is 17.3 Å². The molecule has 0 unspecified atom stereocenters. The number of phenols is 1. The van der Waals surface area contributed by atoms with Gasteiger partial charge in [0.2, 0.25) is 5.78 Å². The van der Waals surface area contributed by atoms with E-state index in [0.29, 0.717) is 39.0 Å². The second kappa shape index (κ2) is 8.36. The van der Waals surface area contributed by atoms with Gasteiger partial charge in [-0.1, -0.05) is 36.2 Å². The smallest absolute Gasteiger partial charge is 0.231 e. The number of aromatic hydroxyl groups is 1. The first-order valence-corrected chi connectivity index (χ1v) is 10.4. The Balaban J connectivity index is 1.60. The number of phenolic OH excluding ortho intramolecular Hbond substituents is 1. The van der Waals surface area contributed by atoms with Gasteiger partial charge in [-0.05, 0) is 42.4 Å². The number of fused-ring (bicyclic) bond motifs is 1. The van der Waals surface area contributed by atoms with Gasteiger partial charge in [-0.25, -0.2) is 0 Å². The summed E-state index contributed by atoms with van der Waals surface area (Å²) in [6, 6.07) is 8.24. The van der Waals surface area contributed by atoms with E-state index in [4.69, 9.17) is 27.9 Å². The van der Waals surface area contributed by atoms with Crippen LogP contribution in [0.3, 0.4) is 0 Å². The summed E-state index contributed by atoms with van der Waals surface area (Å²) >= 11 is 12.2. The Morgan fingerprint density at radius 3 is 2.52 bits per heavy atom. The standard InChI is InChI=1S/C22H22Cl2N2O3/c1-2-25-7-9-26(10-8-25)13-17-19(27)6-5-16-21(28)20(29-22(16)17)11-14-3-4-15(23)12-18(14)24/h3-6,11-12,27H,2,7-10,13H2,1H3/b20-11-. The van der Waals surface area contributed by atoms with E-state index >= 15 is 0 Å². The van der Waals surface area contributed by atoms with Crippen molar-refractivity contribution in [2.45, 2.75) is 13.5 Å². The molecule has 2 heterocycles. The minimum absolute atomic E-state index is 0.139. The molecule has 152 valence electrons. The number of likely N-dealkylation sites (N-methyl/N-ethyl adjacent to an activating group) is 1. The Hall–Kier alpha value is -2.05. The number of rotatable bonds is 4. The first-order chi connectivity index (χ1) is 14.0. The van der Waals surface area contributed by atoms with Crippen molar-refractivity contribution in [3.63, 3.8) is 0 Å². The maximum absolute atomic E-state index is 12.9. The molecule has 0 spiro atoms. The summed E-state index contributed by atoms with van der Waals surface area (Å²) in [5, 5.41) is 11.4. The lowest BCUT2D eigenvalue weighted by Crippen LogP contribution is -2.45. The number of Topliss-reactive ketones (excluding diaryl/α,β-unsaturated/α-hetero) is 1. The Bertz CT molecular complexity index is 982. The van der Waals surface area contributed by atoms with E-state index in [0.717, 1.165) is 32.7 Å². The van der Waals surface area contributed by atoms with Crippen molar-refractivity contribution >= 4 is 35.1 Å². The summed E-state index contributed by atoms with van der Waals surface area (Å²) in [4.78, 5) is 17.5. The van der Waals surface area contributed by atoms with E-state index in [1.54, 1.807) is 36.4 Å². The molecule has 2 aromatic rings. The molecule has 29 heavy (non-hydrogen) atoms.